The fourth-order valence-corrected chi connectivity index (χ4v) is 3.51. The Morgan fingerprint density at radius 3 is 2.33 bits per heavy atom. The van der Waals surface area contributed by atoms with Gasteiger partial charge in [-0.3, -0.25) is 0 Å². The van der Waals surface area contributed by atoms with Gasteiger partial charge < -0.3 is 29.6 Å². The lowest BCUT2D eigenvalue weighted by Crippen LogP contribution is -2.19. The van der Waals surface area contributed by atoms with E-state index in [2.05, 4.69) is 46.5 Å². The van der Waals surface area contributed by atoms with Gasteiger partial charge in [-0.2, -0.15) is 0 Å². The monoisotopic (exact) mass is 444 g/mol. The van der Waals surface area contributed by atoms with E-state index in [1.54, 1.807) is 31.4 Å². The second kappa shape index (κ2) is 10.1. The third kappa shape index (κ3) is 5.64. The molecule has 0 atom stereocenters. The summed E-state index contributed by atoms with van der Waals surface area (Å²) in [7, 11) is 5.73. The number of likely N-dealkylation sites (N-methyl/N-ethyl adjacent to an activating group) is 1. The summed E-state index contributed by atoms with van der Waals surface area (Å²) in [5, 5.41) is 6.83. The van der Waals surface area contributed by atoms with Gasteiger partial charge in [-0.05, 0) is 74.8 Å². The standard InChI is InChI=1S/C26H28N4O3/c1-29(2)16-17-30-15-14-19-18-21(10-13-23(19)30)28-26(31)27-20-8-11-22(12-9-20)33-25-7-5-4-6-24(25)32-3/h4-15,18H,16-17H2,1-3H3,(H2,27,28,31). The summed E-state index contributed by atoms with van der Waals surface area (Å²) in [6.07, 6.45) is 2.08. The molecule has 0 aliphatic carbocycles. The topological polar surface area (TPSA) is 67.8 Å². The van der Waals surface area contributed by atoms with Crippen LogP contribution in [0.3, 0.4) is 0 Å². The highest BCUT2D eigenvalue weighted by atomic mass is 16.5. The maximum Gasteiger partial charge on any atom is 0.323 e. The van der Waals surface area contributed by atoms with Crippen molar-refractivity contribution >= 4 is 28.3 Å². The number of carbonyl (C=O) groups excluding carboxylic acids is 1. The van der Waals surface area contributed by atoms with Crippen LogP contribution in [0.4, 0.5) is 16.2 Å². The van der Waals surface area contributed by atoms with Crippen LogP contribution in [0.25, 0.3) is 10.9 Å². The van der Waals surface area contributed by atoms with Crippen molar-refractivity contribution in [2.75, 3.05) is 38.4 Å². The molecule has 0 aliphatic rings. The van der Waals surface area contributed by atoms with Gasteiger partial charge in [-0.15, -0.1) is 0 Å². The van der Waals surface area contributed by atoms with Gasteiger partial charge in [-0.1, -0.05) is 12.1 Å². The van der Waals surface area contributed by atoms with Crippen LogP contribution in [0.15, 0.2) is 79.0 Å². The highest BCUT2D eigenvalue weighted by Crippen LogP contribution is 2.31. The first-order chi connectivity index (χ1) is 16.0. The number of rotatable bonds is 8. The van der Waals surface area contributed by atoms with Crippen molar-refractivity contribution in [3.05, 3.63) is 79.0 Å². The highest BCUT2D eigenvalue weighted by Gasteiger charge is 2.08. The molecule has 0 bridgehead atoms. The van der Waals surface area contributed by atoms with Crippen molar-refractivity contribution in [1.29, 1.82) is 0 Å². The lowest BCUT2D eigenvalue weighted by atomic mass is 10.2. The van der Waals surface area contributed by atoms with Gasteiger partial charge in [0.1, 0.15) is 5.75 Å². The van der Waals surface area contributed by atoms with Crippen LogP contribution >= 0.6 is 0 Å². The number of carbonyl (C=O) groups is 1. The first-order valence-electron chi connectivity index (χ1n) is 10.7. The maximum absolute atomic E-state index is 12.5. The number of para-hydroxylation sites is 2. The van der Waals surface area contributed by atoms with Crippen LogP contribution in [-0.2, 0) is 6.54 Å². The third-order valence-corrected chi connectivity index (χ3v) is 5.23. The van der Waals surface area contributed by atoms with Gasteiger partial charge in [0.15, 0.2) is 11.5 Å². The van der Waals surface area contributed by atoms with E-state index < -0.39 is 0 Å². The molecule has 0 aliphatic heterocycles. The number of hydrogen-bond donors (Lipinski definition) is 2. The Kier molecular flexibility index (Phi) is 6.80. The molecule has 0 radical (unpaired) electrons. The van der Waals surface area contributed by atoms with Crippen molar-refractivity contribution in [1.82, 2.24) is 9.47 Å². The minimum Gasteiger partial charge on any atom is -0.493 e. The second-order valence-corrected chi connectivity index (χ2v) is 7.94. The zero-order chi connectivity index (χ0) is 23.2. The Labute approximate surface area is 193 Å². The molecule has 2 N–H and O–H groups in total. The van der Waals surface area contributed by atoms with Gasteiger partial charge >= 0.3 is 6.03 Å². The Bertz CT molecular complexity index is 1230. The molecule has 0 fully saturated rings. The number of aromatic nitrogens is 1. The van der Waals surface area contributed by atoms with E-state index in [1.807, 2.05) is 42.5 Å². The molecular formula is C26H28N4O3. The van der Waals surface area contributed by atoms with E-state index in [4.69, 9.17) is 9.47 Å². The zero-order valence-corrected chi connectivity index (χ0v) is 19.0. The number of nitrogens with zero attached hydrogens (tertiary/aromatic N) is 2. The lowest BCUT2D eigenvalue weighted by molar-refractivity contribution is 0.262. The normalized spacial score (nSPS) is 10.9. The zero-order valence-electron chi connectivity index (χ0n) is 19.0. The van der Waals surface area contributed by atoms with Crippen LogP contribution < -0.4 is 20.1 Å². The number of urea groups is 1. The molecule has 0 spiro atoms. The number of benzene rings is 3. The molecule has 0 saturated heterocycles. The SMILES string of the molecule is COc1ccccc1Oc1ccc(NC(=O)Nc2ccc3c(ccn3CCN(C)C)c2)cc1. The van der Waals surface area contributed by atoms with Crippen molar-refractivity contribution in [3.63, 3.8) is 0 Å². The fraction of sp³-hybridized carbons (Fsp3) is 0.192. The molecule has 7 nitrogen and oxygen atoms in total. The fourth-order valence-electron chi connectivity index (χ4n) is 3.51. The van der Waals surface area contributed by atoms with Crippen molar-refractivity contribution in [2.45, 2.75) is 6.54 Å². The van der Waals surface area contributed by atoms with Crippen molar-refractivity contribution < 1.29 is 14.3 Å². The van der Waals surface area contributed by atoms with E-state index in [-0.39, 0.29) is 6.03 Å². The average Bonchev–Trinajstić information content (AvgIpc) is 3.21. The summed E-state index contributed by atoms with van der Waals surface area (Å²) in [5.74, 6) is 1.93. The summed E-state index contributed by atoms with van der Waals surface area (Å²) in [4.78, 5) is 14.6. The summed E-state index contributed by atoms with van der Waals surface area (Å²) in [6.45, 7) is 1.88. The van der Waals surface area contributed by atoms with Crippen LogP contribution in [-0.4, -0.2) is 43.2 Å². The molecule has 7 heteroatoms. The van der Waals surface area contributed by atoms with E-state index in [9.17, 15) is 4.79 Å². The smallest absolute Gasteiger partial charge is 0.323 e. The van der Waals surface area contributed by atoms with Crippen LogP contribution in [0, 0.1) is 0 Å². The van der Waals surface area contributed by atoms with E-state index >= 15 is 0 Å². The summed E-state index contributed by atoms with van der Waals surface area (Å²) in [5.41, 5.74) is 2.55. The minimum atomic E-state index is -0.306. The first-order valence-corrected chi connectivity index (χ1v) is 10.7. The Morgan fingerprint density at radius 2 is 1.61 bits per heavy atom. The Morgan fingerprint density at radius 1 is 0.909 bits per heavy atom. The van der Waals surface area contributed by atoms with Gasteiger partial charge in [0.25, 0.3) is 0 Å². The number of fused-ring (bicyclic) bond motifs is 1. The molecule has 170 valence electrons. The molecule has 0 saturated carbocycles. The quantitative estimate of drug-likeness (QED) is 0.369. The molecule has 1 aromatic heterocycles. The molecular weight excluding hydrogens is 416 g/mol. The molecule has 2 amide bonds. The number of anilines is 2. The molecule has 0 unspecified atom stereocenters. The van der Waals surface area contributed by atoms with Crippen LogP contribution in [0.5, 0.6) is 17.2 Å². The van der Waals surface area contributed by atoms with E-state index in [0.29, 0.717) is 22.9 Å². The number of amides is 2. The van der Waals surface area contributed by atoms with Gasteiger partial charge in [-0.25, -0.2) is 4.79 Å². The predicted octanol–water partition coefficient (Wildman–Crippen LogP) is 5.65. The van der Waals surface area contributed by atoms with Gasteiger partial charge in [0, 0.05) is 41.6 Å². The van der Waals surface area contributed by atoms with Crippen molar-refractivity contribution in [3.8, 4) is 17.2 Å². The van der Waals surface area contributed by atoms with Crippen molar-refractivity contribution in [2.24, 2.45) is 0 Å². The predicted molar refractivity (Wildman–Crippen MR) is 133 cm³/mol. The Balaban J connectivity index is 1.36. The Hall–Kier alpha value is -3.97. The molecule has 4 aromatic rings. The lowest BCUT2D eigenvalue weighted by Gasteiger charge is -2.12. The molecule has 4 rings (SSSR count). The minimum absolute atomic E-state index is 0.306. The van der Waals surface area contributed by atoms with Crippen LogP contribution in [0.2, 0.25) is 0 Å². The molecule has 1 heterocycles. The van der Waals surface area contributed by atoms with Gasteiger partial charge in [0.05, 0.1) is 7.11 Å². The maximum atomic E-state index is 12.5. The second-order valence-electron chi connectivity index (χ2n) is 7.94. The number of nitrogens with one attached hydrogen (secondary N) is 2. The summed E-state index contributed by atoms with van der Waals surface area (Å²) in [6, 6.07) is 22.3. The highest BCUT2D eigenvalue weighted by molar-refractivity contribution is 6.01. The first kappa shape index (κ1) is 22.2. The number of ether oxygens (including phenoxy) is 2. The molecule has 3 aromatic carbocycles. The number of methoxy groups -OCH3 is 1. The number of hydrogen-bond acceptors (Lipinski definition) is 4. The van der Waals surface area contributed by atoms with E-state index in [1.165, 1.54) is 0 Å². The third-order valence-electron chi connectivity index (χ3n) is 5.23. The largest absolute Gasteiger partial charge is 0.493 e. The van der Waals surface area contributed by atoms with Crippen LogP contribution in [0.1, 0.15) is 0 Å². The average molecular weight is 445 g/mol. The summed E-state index contributed by atoms with van der Waals surface area (Å²) >= 11 is 0. The van der Waals surface area contributed by atoms with Gasteiger partial charge in [0.2, 0.25) is 0 Å². The summed E-state index contributed by atoms with van der Waals surface area (Å²) < 4.78 is 13.4. The molecule has 33 heavy (non-hydrogen) atoms. The van der Waals surface area contributed by atoms with E-state index in [0.717, 1.165) is 29.7 Å².